The van der Waals surface area contributed by atoms with Gasteiger partial charge in [-0.25, -0.2) is 14.6 Å². The number of benzene rings is 2. The van der Waals surface area contributed by atoms with Crippen molar-refractivity contribution in [1.29, 1.82) is 0 Å². The highest BCUT2D eigenvalue weighted by atomic mass is 16.6. The Morgan fingerprint density at radius 2 is 1.74 bits per heavy atom. The van der Waals surface area contributed by atoms with Gasteiger partial charge in [0.1, 0.15) is 11.3 Å². The number of nitrogens with zero attached hydrogens (tertiary/aromatic N) is 3. The van der Waals surface area contributed by atoms with Crippen LogP contribution < -0.4 is 0 Å². The third-order valence-electron chi connectivity index (χ3n) is 5.33. The van der Waals surface area contributed by atoms with Gasteiger partial charge >= 0.3 is 11.9 Å². The largest absolute Gasteiger partial charge is 0.460 e. The van der Waals surface area contributed by atoms with Crippen LogP contribution in [0, 0.1) is 0 Å². The molecule has 0 aliphatic carbocycles. The predicted molar refractivity (Wildman–Crippen MR) is 140 cm³/mol. The topological polar surface area (TPSA) is 106 Å². The van der Waals surface area contributed by atoms with Gasteiger partial charge in [-0.05, 0) is 51.5 Å². The molecular weight excluding hydrogens is 486 g/mol. The van der Waals surface area contributed by atoms with Crippen molar-refractivity contribution in [3.63, 3.8) is 0 Å². The number of aromatic nitrogens is 3. The summed E-state index contributed by atoms with van der Waals surface area (Å²) in [4.78, 5) is 29.1. The lowest BCUT2D eigenvalue weighted by molar-refractivity contribution is 0.00530. The molecule has 2 aromatic heterocycles. The van der Waals surface area contributed by atoms with Crippen LogP contribution in [0.15, 0.2) is 71.3 Å². The van der Waals surface area contributed by atoms with Gasteiger partial charge in [-0.2, -0.15) is 5.10 Å². The van der Waals surface area contributed by atoms with Crippen LogP contribution in [-0.2, 0) is 27.4 Å². The van der Waals surface area contributed by atoms with Crippen molar-refractivity contribution >= 4 is 11.9 Å². The summed E-state index contributed by atoms with van der Waals surface area (Å²) >= 11 is 0. The molecule has 9 nitrogen and oxygen atoms in total. The number of carbonyl (C=O) groups is 2. The highest BCUT2D eigenvalue weighted by molar-refractivity contribution is 5.89. The standard InChI is InChI=1S/C29H31N3O6/c1-5-36-28(34)25-18-30-26(37-25)22-13-9-12-21(16-22)23-17-24(27(33)38-29(2,3)4)32(31-23)14-15-35-19-20-10-7-6-8-11-20/h6-13,16-18H,5,14-15,19H2,1-4H3. The van der Waals surface area contributed by atoms with Crippen molar-refractivity contribution in [2.75, 3.05) is 13.2 Å². The van der Waals surface area contributed by atoms with E-state index in [2.05, 4.69) is 10.1 Å². The van der Waals surface area contributed by atoms with Gasteiger partial charge < -0.3 is 18.6 Å². The highest BCUT2D eigenvalue weighted by Crippen LogP contribution is 2.27. The third kappa shape index (κ3) is 6.95. The number of rotatable bonds is 10. The minimum absolute atomic E-state index is 0.0271. The first-order valence-corrected chi connectivity index (χ1v) is 12.4. The fourth-order valence-corrected chi connectivity index (χ4v) is 3.65. The lowest BCUT2D eigenvalue weighted by atomic mass is 10.1. The summed E-state index contributed by atoms with van der Waals surface area (Å²) in [5, 5.41) is 4.68. The molecule has 0 saturated carbocycles. The number of esters is 2. The first kappa shape index (κ1) is 26.8. The quantitative estimate of drug-likeness (QED) is 0.199. The van der Waals surface area contributed by atoms with Crippen LogP contribution in [0.4, 0.5) is 0 Å². The third-order valence-corrected chi connectivity index (χ3v) is 5.33. The Balaban J connectivity index is 1.56. The van der Waals surface area contributed by atoms with E-state index in [0.29, 0.717) is 36.7 Å². The van der Waals surface area contributed by atoms with Crippen molar-refractivity contribution in [3.05, 3.63) is 83.9 Å². The average molecular weight is 518 g/mol. The number of oxazole rings is 1. The molecule has 0 bridgehead atoms. The molecule has 9 heteroatoms. The Morgan fingerprint density at radius 1 is 0.974 bits per heavy atom. The zero-order valence-corrected chi connectivity index (χ0v) is 22.0. The second-order valence-corrected chi connectivity index (χ2v) is 9.51. The van der Waals surface area contributed by atoms with Crippen molar-refractivity contribution < 1.29 is 28.2 Å². The molecule has 4 rings (SSSR count). The summed E-state index contributed by atoms with van der Waals surface area (Å²) in [7, 11) is 0. The van der Waals surface area contributed by atoms with Crippen LogP contribution >= 0.6 is 0 Å². The van der Waals surface area contributed by atoms with Crippen molar-refractivity contribution in [2.24, 2.45) is 0 Å². The second kappa shape index (κ2) is 11.9. The fraction of sp³-hybridized carbons (Fsp3) is 0.310. The molecule has 2 heterocycles. The van der Waals surface area contributed by atoms with Gasteiger partial charge in [0, 0.05) is 11.1 Å². The van der Waals surface area contributed by atoms with E-state index < -0.39 is 17.5 Å². The monoisotopic (exact) mass is 517 g/mol. The zero-order chi connectivity index (χ0) is 27.1. The molecule has 0 aliphatic heterocycles. The second-order valence-electron chi connectivity index (χ2n) is 9.51. The Labute approximate surface area is 221 Å². The number of hydrogen-bond acceptors (Lipinski definition) is 8. The van der Waals surface area contributed by atoms with Gasteiger partial charge in [-0.1, -0.05) is 42.5 Å². The fourth-order valence-electron chi connectivity index (χ4n) is 3.65. The van der Waals surface area contributed by atoms with E-state index in [1.54, 1.807) is 17.7 Å². The summed E-state index contributed by atoms with van der Waals surface area (Å²) < 4.78 is 23.6. The maximum atomic E-state index is 13.0. The van der Waals surface area contributed by atoms with Gasteiger partial charge in [-0.3, -0.25) is 4.68 Å². The van der Waals surface area contributed by atoms with E-state index in [1.807, 2.05) is 75.4 Å². The first-order chi connectivity index (χ1) is 18.2. The summed E-state index contributed by atoms with van der Waals surface area (Å²) in [5.74, 6) is -0.741. The molecule has 0 radical (unpaired) electrons. The lowest BCUT2D eigenvalue weighted by Gasteiger charge is -2.19. The molecule has 2 aromatic carbocycles. The Morgan fingerprint density at radius 3 is 2.47 bits per heavy atom. The minimum atomic E-state index is -0.655. The van der Waals surface area contributed by atoms with Crippen LogP contribution in [0.2, 0.25) is 0 Å². The molecule has 198 valence electrons. The summed E-state index contributed by atoms with van der Waals surface area (Å²) in [6.07, 6.45) is 1.34. The van der Waals surface area contributed by atoms with Crippen LogP contribution in [-0.4, -0.2) is 45.5 Å². The average Bonchev–Trinajstić information content (AvgIpc) is 3.55. The van der Waals surface area contributed by atoms with E-state index in [-0.39, 0.29) is 18.3 Å². The first-order valence-electron chi connectivity index (χ1n) is 12.4. The van der Waals surface area contributed by atoms with E-state index >= 15 is 0 Å². The summed E-state index contributed by atoms with van der Waals surface area (Å²) in [6, 6.07) is 18.9. The summed E-state index contributed by atoms with van der Waals surface area (Å²) in [6.45, 7) is 8.61. The predicted octanol–water partition coefficient (Wildman–Crippen LogP) is 5.55. The van der Waals surface area contributed by atoms with Gasteiger partial charge in [-0.15, -0.1) is 0 Å². The molecular formula is C29H31N3O6. The minimum Gasteiger partial charge on any atom is -0.460 e. The zero-order valence-electron chi connectivity index (χ0n) is 22.0. The SMILES string of the molecule is CCOC(=O)c1cnc(-c2cccc(-c3cc(C(=O)OC(C)(C)C)n(CCOCc4ccccc4)n3)c2)o1. The molecule has 0 amide bonds. The molecule has 0 spiro atoms. The van der Waals surface area contributed by atoms with Crippen molar-refractivity contribution in [3.8, 4) is 22.7 Å². The lowest BCUT2D eigenvalue weighted by Crippen LogP contribution is -2.26. The smallest absolute Gasteiger partial charge is 0.375 e. The van der Waals surface area contributed by atoms with Crippen LogP contribution in [0.25, 0.3) is 22.7 Å². The Kier molecular flexibility index (Phi) is 8.38. The van der Waals surface area contributed by atoms with Crippen LogP contribution in [0.5, 0.6) is 0 Å². The molecule has 38 heavy (non-hydrogen) atoms. The molecule has 0 N–H and O–H groups in total. The van der Waals surface area contributed by atoms with Crippen molar-refractivity contribution in [1.82, 2.24) is 14.8 Å². The number of hydrogen-bond donors (Lipinski definition) is 0. The number of ether oxygens (including phenoxy) is 3. The Hall–Kier alpha value is -4.24. The Bertz CT molecular complexity index is 1380. The maximum absolute atomic E-state index is 13.0. The molecule has 4 aromatic rings. The van der Waals surface area contributed by atoms with Crippen LogP contribution in [0.1, 0.15) is 54.3 Å². The van der Waals surface area contributed by atoms with E-state index in [1.165, 1.54) is 6.20 Å². The van der Waals surface area contributed by atoms with Crippen LogP contribution in [0.3, 0.4) is 0 Å². The number of carbonyl (C=O) groups excluding carboxylic acids is 2. The van der Waals surface area contributed by atoms with E-state index in [0.717, 1.165) is 11.1 Å². The summed E-state index contributed by atoms with van der Waals surface area (Å²) in [5.41, 5.74) is 2.70. The van der Waals surface area contributed by atoms with E-state index in [4.69, 9.17) is 18.6 Å². The molecule has 0 aliphatic rings. The van der Waals surface area contributed by atoms with Crippen molar-refractivity contribution in [2.45, 2.75) is 46.4 Å². The molecule has 0 atom stereocenters. The molecule has 0 unspecified atom stereocenters. The molecule has 0 fully saturated rings. The van der Waals surface area contributed by atoms with Gasteiger partial charge in [0.05, 0.1) is 38.3 Å². The van der Waals surface area contributed by atoms with Gasteiger partial charge in [0.2, 0.25) is 11.7 Å². The molecule has 0 saturated heterocycles. The van der Waals surface area contributed by atoms with Gasteiger partial charge in [0.15, 0.2) is 0 Å². The normalized spacial score (nSPS) is 11.4. The van der Waals surface area contributed by atoms with E-state index in [9.17, 15) is 9.59 Å². The van der Waals surface area contributed by atoms with Gasteiger partial charge in [0.25, 0.3) is 0 Å². The maximum Gasteiger partial charge on any atom is 0.375 e. The highest BCUT2D eigenvalue weighted by Gasteiger charge is 2.23.